The summed E-state index contributed by atoms with van der Waals surface area (Å²) in [5.74, 6) is -1.50. The van der Waals surface area contributed by atoms with Crippen LogP contribution in [0, 0.1) is 17.1 Å². The summed E-state index contributed by atoms with van der Waals surface area (Å²) in [6.45, 7) is 2.55. The van der Waals surface area contributed by atoms with Crippen molar-refractivity contribution >= 4 is 17.7 Å². The number of aromatic nitrogens is 1. The SMILES string of the molecule is N#Cc1cncc(CN2CCC(c3cc(F)cc4c3CN(C3CCC(=O)NC3=O)C4=O)CC2)c1. The van der Waals surface area contributed by atoms with Crippen LogP contribution < -0.4 is 5.32 Å². The second-order valence-electron chi connectivity index (χ2n) is 9.17. The molecular weight excluding hydrogens is 437 g/mol. The first-order valence-electron chi connectivity index (χ1n) is 11.5. The Hall–Kier alpha value is -3.64. The van der Waals surface area contributed by atoms with Crippen molar-refractivity contribution in [3.8, 4) is 6.07 Å². The van der Waals surface area contributed by atoms with Crippen LogP contribution in [0.1, 0.15) is 64.2 Å². The lowest BCUT2D eigenvalue weighted by molar-refractivity contribution is -0.136. The number of nitrogens with one attached hydrogen (secondary N) is 1. The molecule has 1 N–H and O–H groups in total. The summed E-state index contributed by atoms with van der Waals surface area (Å²) in [5.41, 5.74) is 3.47. The first-order valence-corrected chi connectivity index (χ1v) is 11.5. The predicted molar refractivity (Wildman–Crippen MR) is 119 cm³/mol. The minimum Gasteiger partial charge on any atom is -0.322 e. The van der Waals surface area contributed by atoms with Gasteiger partial charge in [-0.1, -0.05) is 0 Å². The van der Waals surface area contributed by atoms with E-state index in [1.54, 1.807) is 12.4 Å². The first kappa shape index (κ1) is 22.2. The number of likely N-dealkylation sites (tertiary alicyclic amines) is 1. The molecule has 1 aromatic heterocycles. The number of hydrogen-bond donors (Lipinski definition) is 1. The molecule has 0 aliphatic carbocycles. The average molecular weight is 461 g/mol. The van der Waals surface area contributed by atoms with Crippen LogP contribution in [-0.2, 0) is 22.7 Å². The standard InChI is InChI=1S/C25H24FN5O3/c26-18-8-19(17-3-5-30(6-4-17)13-16-7-15(10-27)11-28-12-16)21-14-31(25(34)20(21)9-18)22-1-2-23(32)29-24(22)33/h7-9,11-12,17,22H,1-6,13-14H2,(H,29,32,33). The summed E-state index contributed by atoms with van der Waals surface area (Å²) in [6, 6.07) is 6.02. The van der Waals surface area contributed by atoms with Crippen molar-refractivity contribution < 1.29 is 18.8 Å². The van der Waals surface area contributed by atoms with Gasteiger partial charge in [-0.25, -0.2) is 4.39 Å². The average Bonchev–Trinajstić information content (AvgIpc) is 3.15. The number of fused-ring (bicyclic) bond motifs is 1. The predicted octanol–water partition coefficient (Wildman–Crippen LogP) is 2.23. The summed E-state index contributed by atoms with van der Waals surface area (Å²) >= 11 is 0. The highest BCUT2D eigenvalue weighted by molar-refractivity contribution is 6.05. The van der Waals surface area contributed by atoms with Crippen LogP contribution in [0.2, 0.25) is 0 Å². The van der Waals surface area contributed by atoms with E-state index in [1.807, 2.05) is 6.07 Å². The van der Waals surface area contributed by atoms with Crippen molar-refractivity contribution in [2.45, 2.75) is 50.7 Å². The molecule has 0 radical (unpaired) electrons. The molecule has 3 aliphatic rings. The summed E-state index contributed by atoms with van der Waals surface area (Å²) < 4.78 is 14.5. The zero-order valence-electron chi connectivity index (χ0n) is 18.6. The Labute approximate surface area is 196 Å². The van der Waals surface area contributed by atoms with E-state index in [1.165, 1.54) is 17.0 Å². The molecule has 0 saturated carbocycles. The second kappa shape index (κ2) is 8.95. The van der Waals surface area contributed by atoms with Crippen LogP contribution in [-0.4, -0.2) is 51.6 Å². The number of benzene rings is 1. The molecule has 2 aromatic rings. The fraction of sp³-hybridized carbons (Fsp3) is 0.400. The van der Waals surface area contributed by atoms with Gasteiger partial charge in [0.2, 0.25) is 11.8 Å². The van der Waals surface area contributed by atoms with Crippen LogP contribution in [0.3, 0.4) is 0 Å². The molecule has 1 atom stereocenters. The van der Waals surface area contributed by atoms with Gasteiger partial charge in [0.05, 0.1) is 5.56 Å². The highest BCUT2D eigenvalue weighted by Crippen LogP contribution is 2.38. The lowest BCUT2D eigenvalue weighted by Crippen LogP contribution is -2.52. The zero-order chi connectivity index (χ0) is 23.8. The van der Waals surface area contributed by atoms with Gasteiger partial charge in [0.1, 0.15) is 17.9 Å². The Morgan fingerprint density at radius 1 is 1.12 bits per heavy atom. The smallest absolute Gasteiger partial charge is 0.255 e. The van der Waals surface area contributed by atoms with E-state index >= 15 is 0 Å². The molecule has 8 nitrogen and oxygen atoms in total. The van der Waals surface area contributed by atoms with E-state index in [-0.39, 0.29) is 37.1 Å². The fourth-order valence-electron chi connectivity index (χ4n) is 5.31. The van der Waals surface area contributed by atoms with E-state index in [4.69, 9.17) is 5.26 Å². The number of pyridine rings is 1. The molecule has 2 saturated heterocycles. The normalized spacial score (nSPS) is 21.4. The van der Waals surface area contributed by atoms with Gasteiger partial charge in [0.25, 0.3) is 5.91 Å². The molecule has 0 bridgehead atoms. The van der Waals surface area contributed by atoms with Crippen molar-refractivity contribution in [2.75, 3.05) is 13.1 Å². The van der Waals surface area contributed by atoms with E-state index in [9.17, 15) is 18.8 Å². The minimum atomic E-state index is -0.715. The van der Waals surface area contributed by atoms with Crippen LogP contribution in [0.5, 0.6) is 0 Å². The van der Waals surface area contributed by atoms with E-state index in [0.717, 1.165) is 42.6 Å². The van der Waals surface area contributed by atoms with Crippen molar-refractivity contribution in [1.29, 1.82) is 5.26 Å². The van der Waals surface area contributed by atoms with Gasteiger partial charge < -0.3 is 4.90 Å². The maximum Gasteiger partial charge on any atom is 0.255 e. The van der Waals surface area contributed by atoms with E-state index in [0.29, 0.717) is 17.7 Å². The van der Waals surface area contributed by atoms with Crippen LogP contribution in [0.25, 0.3) is 0 Å². The maximum absolute atomic E-state index is 14.5. The summed E-state index contributed by atoms with van der Waals surface area (Å²) in [7, 11) is 0. The van der Waals surface area contributed by atoms with Gasteiger partial charge >= 0.3 is 0 Å². The van der Waals surface area contributed by atoms with Crippen LogP contribution >= 0.6 is 0 Å². The van der Waals surface area contributed by atoms with Gasteiger partial charge in [0, 0.05) is 37.5 Å². The van der Waals surface area contributed by atoms with E-state index < -0.39 is 17.8 Å². The van der Waals surface area contributed by atoms with Gasteiger partial charge in [-0.3, -0.25) is 29.6 Å². The number of nitrogens with zero attached hydrogens (tertiary/aromatic N) is 4. The molecule has 3 aliphatic heterocycles. The fourth-order valence-corrected chi connectivity index (χ4v) is 5.31. The molecular formula is C25H24FN5O3. The van der Waals surface area contributed by atoms with Crippen LogP contribution in [0.15, 0.2) is 30.6 Å². The Morgan fingerprint density at radius 2 is 1.91 bits per heavy atom. The summed E-state index contributed by atoms with van der Waals surface area (Å²) in [5, 5.41) is 11.4. The third-order valence-electron chi connectivity index (χ3n) is 7.01. The number of nitriles is 1. The summed E-state index contributed by atoms with van der Waals surface area (Å²) in [6.07, 6.45) is 5.40. The summed E-state index contributed by atoms with van der Waals surface area (Å²) in [4.78, 5) is 44.8. The molecule has 5 rings (SSSR count). The zero-order valence-corrected chi connectivity index (χ0v) is 18.6. The van der Waals surface area contributed by atoms with Gasteiger partial charge in [-0.15, -0.1) is 0 Å². The van der Waals surface area contributed by atoms with E-state index in [2.05, 4.69) is 21.3 Å². The number of halogens is 1. The lowest BCUT2D eigenvalue weighted by atomic mass is 9.85. The maximum atomic E-state index is 14.5. The molecule has 1 unspecified atom stereocenters. The Kier molecular flexibility index (Phi) is 5.84. The molecule has 0 spiro atoms. The Balaban J connectivity index is 1.31. The van der Waals surface area contributed by atoms with Crippen molar-refractivity contribution in [3.63, 3.8) is 0 Å². The number of piperidine rings is 2. The topological polar surface area (TPSA) is 106 Å². The number of amides is 3. The lowest BCUT2D eigenvalue weighted by Gasteiger charge is -2.33. The third kappa shape index (κ3) is 4.17. The number of hydrogen-bond acceptors (Lipinski definition) is 6. The Bertz CT molecular complexity index is 1220. The largest absolute Gasteiger partial charge is 0.322 e. The molecule has 3 amide bonds. The van der Waals surface area contributed by atoms with Crippen molar-refractivity contribution in [2.24, 2.45) is 0 Å². The third-order valence-corrected chi connectivity index (χ3v) is 7.01. The van der Waals surface area contributed by atoms with Gasteiger partial charge in [-0.2, -0.15) is 5.26 Å². The van der Waals surface area contributed by atoms with Crippen molar-refractivity contribution in [1.82, 2.24) is 20.1 Å². The number of imide groups is 1. The van der Waals surface area contributed by atoms with Gasteiger partial charge in [0.15, 0.2) is 0 Å². The molecule has 174 valence electrons. The number of carbonyl (C=O) groups is 3. The highest BCUT2D eigenvalue weighted by atomic mass is 19.1. The van der Waals surface area contributed by atoms with Crippen LogP contribution in [0.4, 0.5) is 4.39 Å². The second-order valence-corrected chi connectivity index (χ2v) is 9.17. The molecule has 2 fully saturated rings. The molecule has 9 heteroatoms. The van der Waals surface area contributed by atoms with Gasteiger partial charge in [-0.05, 0) is 73.2 Å². The van der Waals surface area contributed by atoms with Crippen molar-refractivity contribution in [3.05, 3.63) is 64.2 Å². The number of carbonyl (C=O) groups excluding carboxylic acids is 3. The molecule has 34 heavy (non-hydrogen) atoms. The highest BCUT2D eigenvalue weighted by Gasteiger charge is 2.41. The minimum absolute atomic E-state index is 0.110. The number of rotatable bonds is 4. The molecule has 1 aromatic carbocycles. The molecule has 4 heterocycles. The Morgan fingerprint density at radius 3 is 2.65 bits per heavy atom. The quantitative estimate of drug-likeness (QED) is 0.700. The first-order chi connectivity index (χ1) is 16.4. The monoisotopic (exact) mass is 461 g/mol.